The minimum Gasteiger partial charge on any atom is -0.426 e. The van der Waals surface area contributed by atoms with Crippen molar-refractivity contribution in [2.45, 2.75) is 15.5 Å². The monoisotopic (exact) mass is 594 g/mol. The molecule has 0 fully saturated rings. The number of hydrogen-bond acceptors (Lipinski definition) is 2. The third-order valence-electron chi connectivity index (χ3n) is 2.13. The summed E-state index contributed by atoms with van der Waals surface area (Å²) in [6.07, 6.45) is 3.50. The van der Waals surface area contributed by atoms with Gasteiger partial charge in [-0.1, -0.05) is 108 Å². The van der Waals surface area contributed by atoms with E-state index in [4.69, 9.17) is 0 Å². The second-order valence-electron chi connectivity index (χ2n) is 3.10. The number of halogens is 6. The zero-order chi connectivity index (χ0) is 12.1. The Morgan fingerprint density at radius 3 is 1.93 bits per heavy atom. The van der Waals surface area contributed by atoms with E-state index in [1.54, 1.807) is 6.08 Å². The van der Waals surface area contributed by atoms with Gasteiger partial charge in [-0.25, -0.2) is 0 Å². The fourth-order valence-electron chi connectivity index (χ4n) is 1.13. The summed E-state index contributed by atoms with van der Waals surface area (Å²) in [6, 6.07) is 0. The SMILES string of the molecule is OB(O)C1(Br)C=CC(Br)C(Br)(Br)C1(Br)Br. The highest BCUT2D eigenvalue weighted by molar-refractivity contribution is 9.31. The maximum atomic E-state index is 9.43. The molecule has 0 spiro atoms. The van der Waals surface area contributed by atoms with Crippen molar-refractivity contribution < 1.29 is 10.0 Å². The molecule has 0 aromatic rings. The van der Waals surface area contributed by atoms with Gasteiger partial charge in [-0.2, -0.15) is 0 Å². The Kier molecular flexibility index (Phi) is 5.16. The molecule has 0 heterocycles. The van der Waals surface area contributed by atoms with Crippen molar-refractivity contribution >= 4 is 103 Å². The first-order valence-corrected chi connectivity index (χ1v) is 8.59. The smallest absolute Gasteiger partial charge is 0.426 e. The van der Waals surface area contributed by atoms with Crippen molar-refractivity contribution in [3.63, 3.8) is 0 Å². The predicted molar refractivity (Wildman–Crippen MR) is 84.9 cm³/mol. The molecular weight excluding hydrogens is 594 g/mol. The summed E-state index contributed by atoms with van der Waals surface area (Å²) < 4.78 is -2.52. The summed E-state index contributed by atoms with van der Waals surface area (Å²) in [7, 11) is -1.57. The van der Waals surface area contributed by atoms with Crippen molar-refractivity contribution in [2.75, 3.05) is 0 Å². The number of allylic oxidation sites excluding steroid dienone is 2. The van der Waals surface area contributed by atoms with E-state index >= 15 is 0 Å². The number of hydrogen-bond donors (Lipinski definition) is 2. The summed E-state index contributed by atoms with van der Waals surface area (Å²) in [5, 5.41) is 18.9. The third-order valence-corrected chi connectivity index (χ3v) is 13.6. The molecule has 86 valence electrons. The van der Waals surface area contributed by atoms with Gasteiger partial charge < -0.3 is 10.0 Å². The average Bonchev–Trinajstić information content (AvgIpc) is 2.10. The van der Waals surface area contributed by atoms with Crippen LogP contribution in [0.5, 0.6) is 0 Å². The van der Waals surface area contributed by atoms with Crippen molar-refractivity contribution in [1.82, 2.24) is 0 Å². The quantitative estimate of drug-likeness (QED) is 0.276. The van der Waals surface area contributed by atoms with Gasteiger partial charge in [-0.3, -0.25) is 0 Å². The van der Waals surface area contributed by atoms with Crippen LogP contribution in [0.2, 0.25) is 0 Å². The van der Waals surface area contributed by atoms with E-state index in [0.29, 0.717) is 0 Å². The number of rotatable bonds is 1. The van der Waals surface area contributed by atoms with Crippen molar-refractivity contribution in [3.8, 4) is 0 Å². The molecule has 15 heavy (non-hydrogen) atoms. The first kappa shape index (κ1) is 15.7. The fraction of sp³-hybridized carbons (Fsp3) is 0.667. The standard InChI is InChI=1S/C6H5BBr6O2/c8-3-1-2-4(9,7(14)15)6(12,13)5(3,10)11/h1-3,14-15H. The highest BCUT2D eigenvalue weighted by Crippen LogP contribution is 2.63. The normalized spacial score (nSPS) is 37.7. The van der Waals surface area contributed by atoms with Gasteiger partial charge in [0.1, 0.15) is 10.7 Å². The van der Waals surface area contributed by atoms with Crippen molar-refractivity contribution in [1.29, 1.82) is 0 Å². The summed E-state index contributed by atoms with van der Waals surface area (Å²) in [5.74, 6) is 0. The zero-order valence-corrected chi connectivity index (χ0v) is 16.5. The van der Waals surface area contributed by atoms with E-state index in [1.165, 1.54) is 0 Å². The van der Waals surface area contributed by atoms with Crippen molar-refractivity contribution in [3.05, 3.63) is 12.2 Å². The first-order chi connectivity index (χ1) is 6.57. The molecule has 1 aliphatic carbocycles. The predicted octanol–water partition coefficient (Wildman–Crippen LogP) is 3.44. The van der Waals surface area contributed by atoms with E-state index in [2.05, 4.69) is 95.6 Å². The van der Waals surface area contributed by atoms with E-state index in [-0.39, 0.29) is 4.83 Å². The van der Waals surface area contributed by atoms with E-state index in [9.17, 15) is 10.0 Å². The molecule has 0 aromatic heterocycles. The Balaban J connectivity index is 3.31. The van der Waals surface area contributed by atoms with Crippen LogP contribution < -0.4 is 0 Å². The van der Waals surface area contributed by atoms with Crippen LogP contribution in [0, 0.1) is 0 Å². The van der Waals surface area contributed by atoms with E-state index < -0.39 is 17.8 Å². The second-order valence-corrected chi connectivity index (χ2v) is 12.4. The van der Waals surface area contributed by atoms with Gasteiger partial charge in [0.25, 0.3) is 0 Å². The van der Waals surface area contributed by atoms with Gasteiger partial charge in [0.15, 0.2) is 0 Å². The Labute approximate surface area is 139 Å². The lowest BCUT2D eigenvalue weighted by atomic mass is 9.67. The largest absolute Gasteiger partial charge is 0.476 e. The zero-order valence-electron chi connectivity index (χ0n) is 6.97. The van der Waals surface area contributed by atoms with Gasteiger partial charge in [0, 0.05) is 0 Å². The Hall–Kier alpha value is 2.60. The minimum atomic E-state index is -1.57. The summed E-state index contributed by atoms with van der Waals surface area (Å²) >= 11 is 20.7. The van der Waals surface area contributed by atoms with Crippen molar-refractivity contribution in [2.24, 2.45) is 0 Å². The van der Waals surface area contributed by atoms with Crippen LogP contribution in [0.1, 0.15) is 0 Å². The summed E-state index contributed by atoms with van der Waals surface area (Å²) in [4.78, 5) is -0.0341. The average molecular weight is 599 g/mol. The molecule has 0 amide bonds. The molecule has 0 saturated heterocycles. The molecule has 9 heteroatoms. The molecule has 2 unspecified atom stereocenters. The molecule has 1 rings (SSSR count). The maximum absolute atomic E-state index is 9.43. The third kappa shape index (κ3) is 2.38. The lowest BCUT2D eigenvalue weighted by Crippen LogP contribution is -2.63. The topological polar surface area (TPSA) is 40.5 Å². The Morgan fingerprint density at radius 2 is 1.53 bits per heavy atom. The van der Waals surface area contributed by atoms with Crippen LogP contribution in [0.3, 0.4) is 0 Å². The second kappa shape index (κ2) is 4.94. The Bertz CT molecular complexity index is 293. The molecule has 0 aromatic carbocycles. The van der Waals surface area contributed by atoms with Crippen LogP contribution in [0.15, 0.2) is 12.2 Å². The van der Waals surface area contributed by atoms with E-state index in [0.717, 1.165) is 0 Å². The molecule has 2 nitrogen and oxygen atoms in total. The van der Waals surface area contributed by atoms with Crippen LogP contribution in [0.25, 0.3) is 0 Å². The fourth-order valence-corrected chi connectivity index (χ4v) is 5.36. The first-order valence-electron chi connectivity index (χ1n) is 3.71. The summed E-state index contributed by atoms with van der Waals surface area (Å²) in [6.45, 7) is 0. The van der Waals surface area contributed by atoms with Gasteiger partial charge in [-0.15, -0.1) is 0 Å². The van der Waals surface area contributed by atoms with E-state index in [1.807, 2.05) is 6.08 Å². The molecule has 2 N–H and O–H groups in total. The molecule has 0 bridgehead atoms. The van der Waals surface area contributed by atoms with Gasteiger partial charge in [0.2, 0.25) is 0 Å². The van der Waals surface area contributed by atoms with Crippen LogP contribution in [0.4, 0.5) is 0 Å². The highest BCUT2D eigenvalue weighted by Gasteiger charge is 2.66. The maximum Gasteiger partial charge on any atom is 0.476 e. The Morgan fingerprint density at radius 1 is 1.07 bits per heavy atom. The van der Waals surface area contributed by atoms with Crippen LogP contribution in [-0.4, -0.2) is 32.7 Å². The lowest BCUT2D eigenvalue weighted by Gasteiger charge is -2.49. The molecular formula is C6H5BBr6O2. The molecule has 0 aliphatic heterocycles. The van der Waals surface area contributed by atoms with Crippen LogP contribution >= 0.6 is 95.6 Å². The molecule has 1 aliphatic rings. The molecule has 0 saturated carbocycles. The van der Waals surface area contributed by atoms with Gasteiger partial charge >= 0.3 is 7.12 Å². The molecule has 2 atom stereocenters. The van der Waals surface area contributed by atoms with Gasteiger partial charge in [0.05, 0.1) is 4.83 Å². The van der Waals surface area contributed by atoms with Gasteiger partial charge in [-0.05, 0) is 0 Å². The molecule has 0 radical (unpaired) electrons. The minimum absolute atomic E-state index is 0.0341. The summed E-state index contributed by atoms with van der Waals surface area (Å²) in [5.41, 5.74) is 0. The highest BCUT2D eigenvalue weighted by atomic mass is 79.9. The number of alkyl halides is 6. The van der Waals surface area contributed by atoms with Crippen LogP contribution in [-0.2, 0) is 0 Å². The lowest BCUT2D eigenvalue weighted by molar-refractivity contribution is 0.383.